The molecule has 1 fully saturated rings. The molecule has 2 aromatic heterocycles. The first kappa shape index (κ1) is 19.9. The Bertz CT molecular complexity index is 1140. The van der Waals surface area contributed by atoms with Gasteiger partial charge in [-0.2, -0.15) is 10.1 Å². The number of hydrogen-bond acceptors (Lipinski definition) is 4. The molecular formula is C21H22F2N6O. The summed E-state index contributed by atoms with van der Waals surface area (Å²) in [4.78, 5) is 25.0. The molecule has 156 valence electrons. The molecule has 1 aliphatic rings. The first-order valence-electron chi connectivity index (χ1n) is 9.68. The lowest BCUT2D eigenvalue weighted by molar-refractivity contribution is 0.100. The van der Waals surface area contributed by atoms with Gasteiger partial charge in [0.25, 0.3) is 5.91 Å². The van der Waals surface area contributed by atoms with E-state index in [1.54, 1.807) is 38.2 Å². The van der Waals surface area contributed by atoms with Gasteiger partial charge >= 0.3 is 0 Å². The Morgan fingerprint density at radius 1 is 1.27 bits per heavy atom. The highest BCUT2D eigenvalue weighted by molar-refractivity contribution is 6.06. The predicted molar refractivity (Wildman–Crippen MR) is 110 cm³/mol. The van der Waals surface area contributed by atoms with Gasteiger partial charge in [-0.3, -0.25) is 4.79 Å². The molecular weight excluding hydrogens is 390 g/mol. The molecule has 1 unspecified atom stereocenters. The highest BCUT2D eigenvalue weighted by atomic mass is 19.1. The number of hydrogen-bond donors (Lipinski definition) is 0. The second-order valence-electron chi connectivity index (χ2n) is 7.49. The van der Waals surface area contributed by atoms with Crippen LogP contribution in [0, 0.1) is 11.6 Å². The van der Waals surface area contributed by atoms with Crippen LogP contribution in [-0.2, 0) is 0 Å². The number of aromatic nitrogens is 3. The van der Waals surface area contributed by atoms with Crippen LogP contribution in [0.5, 0.6) is 0 Å². The van der Waals surface area contributed by atoms with E-state index in [4.69, 9.17) is 0 Å². The standard InChI is InChI=1S/C21H22F2N6O/c1-13(27(2)3)25-21(30)16-12-24-29-10-8-19(26-20(16)29)28-9-4-5-18(28)15-11-14(22)6-7-17(15)23/h6-8,10-12,18H,4-5,9H2,1-3H3. The molecule has 0 aliphatic carbocycles. The van der Waals surface area contributed by atoms with E-state index in [1.807, 2.05) is 4.90 Å². The summed E-state index contributed by atoms with van der Waals surface area (Å²) in [7, 11) is 3.61. The van der Waals surface area contributed by atoms with Crippen molar-refractivity contribution in [2.45, 2.75) is 25.8 Å². The van der Waals surface area contributed by atoms with Crippen molar-refractivity contribution in [2.24, 2.45) is 4.99 Å². The Morgan fingerprint density at radius 3 is 2.83 bits per heavy atom. The quantitative estimate of drug-likeness (QED) is 0.487. The molecule has 0 bridgehead atoms. The summed E-state index contributed by atoms with van der Waals surface area (Å²) < 4.78 is 29.6. The summed E-state index contributed by atoms with van der Waals surface area (Å²) in [5.74, 6) is -0.203. The van der Waals surface area contributed by atoms with E-state index in [2.05, 4.69) is 15.1 Å². The Kier molecular flexibility index (Phi) is 5.19. The molecule has 30 heavy (non-hydrogen) atoms. The maximum atomic E-state index is 14.4. The van der Waals surface area contributed by atoms with Crippen LogP contribution >= 0.6 is 0 Å². The van der Waals surface area contributed by atoms with Crippen LogP contribution in [-0.4, -0.2) is 51.9 Å². The molecule has 1 aliphatic heterocycles. The lowest BCUT2D eigenvalue weighted by Gasteiger charge is -2.26. The minimum Gasteiger partial charge on any atom is -0.366 e. The highest BCUT2D eigenvalue weighted by Gasteiger charge is 2.30. The number of carbonyl (C=O) groups excluding carboxylic acids is 1. The molecule has 4 rings (SSSR count). The Balaban J connectivity index is 1.72. The lowest BCUT2D eigenvalue weighted by atomic mass is 10.0. The van der Waals surface area contributed by atoms with Gasteiger partial charge in [-0.25, -0.2) is 18.3 Å². The van der Waals surface area contributed by atoms with Crippen molar-refractivity contribution < 1.29 is 13.6 Å². The van der Waals surface area contributed by atoms with Gasteiger partial charge < -0.3 is 9.80 Å². The highest BCUT2D eigenvalue weighted by Crippen LogP contribution is 2.36. The maximum absolute atomic E-state index is 14.4. The number of rotatable bonds is 3. The summed E-state index contributed by atoms with van der Waals surface area (Å²) >= 11 is 0. The summed E-state index contributed by atoms with van der Waals surface area (Å²) in [5.41, 5.74) is 0.967. The van der Waals surface area contributed by atoms with Crippen LogP contribution in [0.1, 0.15) is 41.7 Å². The first-order valence-corrected chi connectivity index (χ1v) is 9.68. The largest absolute Gasteiger partial charge is 0.366 e. The van der Waals surface area contributed by atoms with Gasteiger partial charge in [0, 0.05) is 32.4 Å². The summed E-state index contributed by atoms with van der Waals surface area (Å²) in [5, 5.41) is 4.18. The van der Waals surface area contributed by atoms with Crippen molar-refractivity contribution in [3.05, 3.63) is 59.4 Å². The number of benzene rings is 1. The molecule has 0 saturated carbocycles. The number of aliphatic imine (C=N–C) groups is 1. The van der Waals surface area contributed by atoms with Crippen LogP contribution in [0.25, 0.3) is 5.65 Å². The minimum atomic E-state index is -0.473. The normalized spacial score (nSPS) is 17.0. The van der Waals surface area contributed by atoms with Gasteiger partial charge in [0.15, 0.2) is 5.65 Å². The zero-order valence-electron chi connectivity index (χ0n) is 17.0. The molecule has 3 aromatic rings. The lowest BCUT2D eigenvalue weighted by Crippen LogP contribution is -2.24. The third kappa shape index (κ3) is 3.62. The Hall–Kier alpha value is -3.36. The number of nitrogens with zero attached hydrogens (tertiary/aromatic N) is 6. The van der Waals surface area contributed by atoms with Crippen molar-refractivity contribution in [3.63, 3.8) is 0 Å². The molecule has 7 nitrogen and oxygen atoms in total. The topological polar surface area (TPSA) is 66.1 Å². The molecule has 1 aromatic carbocycles. The minimum absolute atomic E-state index is 0.283. The fourth-order valence-electron chi connectivity index (χ4n) is 3.61. The summed E-state index contributed by atoms with van der Waals surface area (Å²) in [6, 6.07) is 4.94. The van der Waals surface area contributed by atoms with Gasteiger partial charge in [-0.05, 0) is 44.0 Å². The van der Waals surface area contributed by atoms with E-state index >= 15 is 0 Å². The van der Waals surface area contributed by atoms with E-state index in [9.17, 15) is 13.6 Å². The number of anilines is 1. The molecule has 3 heterocycles. The first-order chi connectivity index (χ1) is 14.3. The van der Waals surface area contributed by atoms with Crippen LogP contribution in [0.15, 0.2) is 41.7 Å². The zero-order valence-corrected chi connectivity index (χ0v) is 17.0. The van der Waals surface area contributed by atoms with E-state index in [1.165, 1.54) is 16.8 Å². The van der Waals surface area contributed by atoms with Crippen molar-refractivity contribution in [3.8, 4) is 0 Å². The predicted octanol–water partition coefficient (Wildman–Crippen LogP) is 3.47. The number of carbonyl (C=O) groups is 1. The average molecular weight is 412 g/mol. The van der Waals surface area contributed by atoms with E-state index in [0.29, 0.717) is 35.8 Å². The van der Waals surface area contributed by atoms with Crippen LogP contribution < -0.4 is 4.90 Å². The van der Waals surface area contributed by atoms with Crippen LogP contribution in [0.4, 0.5) is 14.6 Å². The fourth-order valence-corrected chi connectivity index (χ4v) is 3.61. The number of halogens is 2. The van der Waals surface area contributed by atoms with Gasteiger partial charge in [0.2, 0.25) is 0 Å². The zero-order chi connectivity index (χ0) is 21.4. The van der Waals surface area contributed by atoms with Gasteiger partial charge in [0.1, 0.15) is 28.9 Å². The maximum Gasteiger partial charge on any atom is 0.284 e. The van der Waals surface area contributed by atoms with Gasteiger partial charge in [-0.1, -0.05) is 0 Å². The Labute approximate surface area is 172 Å². The van der Waals surface area contributed by atoms with Crippen LogP contribution in [0.3, 0.4) is 0 Å². The SMILES string of the molecule is CC(=NC(=O)c1cnn2ccc(N3CCCC3c3cc(F)ccc3F)nc12)N(C)C. The average Bonchev–Trinajstić information content (AvgIpc) is 3.36. The van der Waals surface area contributed by atoms with Crippen LogP contribution in [0.2, 0.25) is 0 Å². The number of amidine groups is 1. The number of fused-ring (bicyclic) bond motifs is 1. The van der Waals surface area contributed by atoms with Crippen molar-refractivity contribution in [1.29, 1.82) is 0 Å². The molecule has 0 N–H and O–H groups in total. The molecule has 0 spiro atoms. The fraction of sp³-hybridized carbons (Fsp3) is 0.333. The smallest absolute Gasteiger partial charge is 0.284 e. The van der Waals surface area contributed by atoms with Crippen molar-refractivity contribution in [1.82, 2.24) is 19.5 Å². The molecule has 0 radical (unpaired) electrons. The molecule has 1 saturated heterocycles. The summed E-state index contributed by atoms with van der Waals surface area (Å²) in [6.07, 6.45) is 4.65. The third-order valence-corrected chi connectivity index (χ3v) is 5.36. The van der Waals surface area contributed by atoms with Gasteiger partial charge in [0.05, 0.1) is 12.2 Å². The third-order valence-electron chi connectivity index (χ3n) is 5.36. The van der Waals surface area contributed by atoms with E-state index < -0.39 is 17.5 Å². The monoisotopic (exact) mass is 412 g/mol. The Morgan fingerprint density at radius 2 is 2.07 bits per heavy atom. The van der Waals surface area contributed by atoms with E-state index in [-0.39, 0.29) is 11.6 Å². The molecule has 9 heteroatoms. The second-order valence-corrected chi connectivity index (χ2v) is 7.49. The van der Waals surface area contributed by atoms with E-state index in [0.717, 1.165) is 18.6 Å². The van der Waals surface area contributed by atoms with Gasteiger partial charge in [-0.15, -0.1) is 0 Å². The molecule has 1 atom stereocenters. The second kappa shape index (κ2) is 7.81. The number of amides is 1. The molecule has 1 amide bonds. The summed E-state index contributed by atoms with van der Waals surface area (Å²) in [6.45, 7) is 2.39. The van der Waals surface area contributed by atoms with Crippen molar-refractivity contribution >= 4 is 23.2 Å². The van der Waals surface area contributed by atoms with Crippen molar-refractivity contribution in [2.75, 3.05) is 25.5 Å².